The zero-order chi connectivity index (χ0) is 8.97. The van der Waals surface area contributed by atoms with Crippen molar-refractivity contribution in [2.45, 2.75) is 26.3 Å². The van der Waals surface area contributed by atoms with E-state index in [1.165, 1.54) is 0 Å². The van der Waals surface area contributed by atoms with E-state index >= 15 is 0 Å². The fourth-order valence-electron chi connectivity index (χ4n) is 1.05. The summed E-state index contributed by atoms with van der Waals surface area (Å²) in [6.07, 6.45) is 0.751. The molecule has 1 aliphatic rings. The van der Waals surface area contributed by atoms with Crippen LogP contribution in [0.3, 0.4) is 0 Å². The number of carbonyl (C=O) groups excluding carboxylic acids is 1. The van der Waals surface area contributed by atoms with Crippen LogP contribution in [0.15, 0.2) is 4.99 Å². The Balaban J connectivity index is 2.42. The van der Waals surface area contributed by atoms with Gasteiger partial charge in [0.05, 0.1) is 0 Å². The fourth-order valence-corrected chi connectivity index (χ4v) is 1.05. The monoisotopic (exact) mass is 170 g/mol. The molecular weight excluding hydrogens is 156 g/mol. The molecule has 1 atom stereocenters. The van der Waals surface area contributed by atoms with Crippen molar-refractivity contribution in [2.24, 2.45) is 4.99 Å². The number of ether oxygens (including phenoxy) is 1. The molecule has 0 radical (unpaired) electrons. The van der Waals surface area contributed by atoms with Crippen molar-refractivity contribution >= 4 is 11.7 Å². The van der Waals surface area contributed by atoms with Gasteiger partial charge in [0, 0.05) is 6.61 Å². The summed E-state index contributed by atoms with van der Waals surface area (Å²) in [7, 11) is 0. The third-order valence-corrected chi connectivity index (χ3v) is 1.71. The Morgan fingerprint density at radius 3 is 2.83 bits per heavy atom. The molecule has 0 aromatic heterocycles. The van der Waals surface area contributed by atoms with Crippen LogP contribution < -0.4 is 5.32 Å². The van der Waals surface area contributed by atoms with Crippen LogP contribution in [0.4, 0.5) is 0 Å². The highest BCUT2D eigenvalue weighted by Gasteiger charge is 2.23. The molecule has 0 fully saturated rings. The SMILES string of the molecule is CCOCC1=NC(CC)C(=O)N1. The molecule has 0 saturated heterocycles. The number of hydrogen-bond acceptors (Lipinski definition) is 3. The maximum atomic E-state index is 11.1. The summed E-state index contributed by atoms with van der Waals surface area (Å²) in [5.74, 6) is 0.654. The molecule has 0 bridgehead atoms. The predicted molar refractivity (Wildman–Crippen MR) is 46.1 cm³/mol. The highest BCUT2D eigenvalue weighted by Crippen LogP contribution is 2.04. The highest BCUT2D eigenvalue weighted by molar-refractivity contribution is 6.06. The minimum atomic E-state index is -0.194. The van der Waals surface area contributed by atoms with Crippen molar-refractivity contribution in [1.82, 2.24) is 5.32 Å². The molecule has 0 aliphatic carbocycles. The van der Waals surface area contributed by atoms with Crippen molar-refractivity contribution in [2.75, 3.05) is 13.2 Å². The second kappa shape index (κ2) is 4.21. The van der Waals surface area contributed by atoms with Crippen LogP contribution in [0.5, 0.6) is 0 Å². The third-order valence-electron chi connectivity index (χ3n) is 1.71. The van der Waals surface area contributed by atoms with E-state index in [1.807, 2.05) is 13.8 Å². The largest absolute Gasteiger partial charge is 0.374 e. The standard InChI is InChI=1S/C8H14N2O2/c1-3-6-8(11)10-7(9-6)5-12-4-2/h6H,3-5H2,1-2H3,(H,9,10,11). The van der Waals surface area contributed by atoms with Gasteiger partial charge in [-0.15, -0.1) is 0 Å². The molecule has 4 nitrogen and oxygen atoms in total. The zero-order valence-corrected chi connectivity index (χ0v) is 7.46. The van der Waals surface area contributed by atoms with Crippen molar-refractivity contribution in [3.05, 3.63) is 0 Å². The summed E-state index contributed by atoms with van der Waals surface area (Å²) in [4.78, 5) is 15.3. The van der Waals surface area contributed by atoms with Crippen LogP contribution in [0, 0.1) is 0 Å². The first-order valence-corrected chi connectivity index (χ1v) is 4.23. The number of aliphatic imine (C=N–C) groups is 1. The lowest BCUT2D eigenvalue weighted by atomic mass is 10.2. The summed E-state index contributed by atoms with van der Waals surface area (Å²) in [6.45, 7) is 4.91. The number of carbonyl (C=O) groups is 1. The Labute approximate surface area is 72.0 Å². The summed E-state index contributed by atoms with van der Waals surface area (Å²) in [5, 5.41) is 2.68. The van der Waals surface area contributed by atoms with Crippen molar-refractivity contribution in [3.63, 3.8) is 0 Å². The van der Waals surface area contributed by atoms with E-state index < -0.39 is 0 Å². The molecule has 0 saturated carbocycles. The van der Waals surface area contributed by atoms with E-state index in [4.69, 9.17) is 4.74 Å². The molecule has 0 aromatic carbocycles. The van der Waals surface area contributed by atoms with Gasteiger partial charge in [-0.2, -0.15) is 0 Å². The van der Waals surface area contributed by atoms with Crippen molar-refractivity contribution < 1.29 is 9.53 Å². The van der Waals surface area contributed by atoms with Gasteiger partial charge in [0.2, 0.25) is 5.91 Å². The quantitative estimate of drug-likeness (QED) is 0.661. The molecule has 12 heavy (non-hydrogen) atoms. The molecule has 1 unspecified atom stereocenters. The number of nitrogens with one attached hydrogen (secondary N) is 1. The van der Waals surface area contributed by atoms with E-state index in [1.54, 1.807) is 0 Å². The van der Waals surface area contributed by atoms with Crippen LogP contribution in [-0.2, 0) is 9.53 Å². The minimum absolute atomic E-state index is 0.00722. The summed E-state index contributed by atoms with van der Waals surface area (Å²) < 4.78 is 5.11. The topological polar surface area (TPSA) is 50.7 Å². The summed E-state index contributed by atoms with van der Waals surface area (Å²) in [6, 6.07) is -0.194. The second-order valence-corrected chi connectivity index (χ2v) is 2.63. The average molecular weight is 170 g/mol. The number of amidine groups is 1. The molecular formula is C8H14N2O2. The fraction of sp³-hybridized carbons (Fsp3) is 0.750. The lowest BCUT2D eigenvalue weighted by Crippen LogP contribution is -2.30. The Hall–Kier alpha value is -0.900. The van der Waals surface area contributed by atoms with Gasteiger partial charge in [-0.3, -0.25) is 9.79 Å². The molecule has 1 amide bonds. The smallest absolute Gasteiger partial charge is 0.250 e. The first-order chi connectivity index (χ1) is 5.77. The van der Waals surface area contributed by atoms with Gasteiger partial charge in [0.1, 0.15) is 18.5 Å². The van der Waals surface area contributed by atoms with Gasteiger partial charge in [0.25, 0.3) is 0 Å². The molecule has 0 aromatic rings. The molecule has 1 N–H and O–H groups in total. The maximum Gasteiger partial charge on any atom is 0.250 e. The molecule has 1 rings (SSSR count). The normalized spacial score (nSPS) is 22.3. The number of hydrogen-bond donors (Lipinski definition) is 1. The molecule has 68 valence electrons. The molecule has 1 heterocycles. The van der Waals surface area contributed by atoms with Crippen LogP contribution in [0.25, 0.3) is 0 Å². The van der Waals surface area contributed by atoms with Gasteiger partial charge in [-0.05, 0) is 13.3 Å². The molecule has 4 heteroatoms. The van der Waals surface area contributed by atoms with E-state index in [-0.39, 0.29) is 11.9 Å². The summed E-state index contributed by atoms with van der Waals surface area (Å²) >= 11 is 0. The number of nitrogens with zero attached hydrogens (tertiary/aromatic N) is 1. The number of rotatable bonds is 4. The van der Waals surface area contributed by atoms with Gasteiger partial charge in [-0.1, -0.05) is 6.92 Å². The van der Waals surface area contributed by atoms with Crippen LogP contribution in [-0.4, -0.2) is 31.0 Å². The third kappa shape index (κ3) is 2.04. The van der Waals surface area contributed by atoms with Crippen LogP contribution >= 0.6 is 0 Å². The molecule has 0 spiro atoms. The molecule has 1 aliphatic heterocycles. The van der Waals surface area contributed by atoms with Gasteiger partial charge < -0.3 is 10.1 Å². The highest BCUT2D eigenvalue weighted by atomic mass is 16.5. The first kappa shape index (κ1) is 9.19. The minimum Gasteiger partial charge on any atom is -0.374 e. The van der Waals surface area contributed by atoms with Gasteiger partial charge in [-0.25, -0.2) is 0 Å². The number of amides is 1. The Morgan fingerprint density at radius 2 is 2.33 bits per heavy atom. The lowest BCUT2D eigenvalue weighted by Gasteiger charge is -1.99. The predicted octanol–water partition coefficient (Wildman–Crippen LogP) is 0.330. The maximum absolute atomic E-state index is 11.1. The second-order valence-electron chi connectivity index (χ2n) is 2.63. The van der Waals surface area contributed by atoms with E-state index in [2.05, 4.69) is 10.3 Å². The average Bonchev–Trinajstić information content (AvgIpc) is 2.43. The van der Waals surface area contributed by atoms with Crippen molar-refractivity contribution in [1.29, 1.82) is 0 Å². The van der Waals surface area contributed by atoms with Crippen LogP contribution in [0.2, 0.25) is 0 Å². The van der Waals surface area contributed by atoms with Crippen LogP contribution in [0.1, 0.15) is 20.3 Å². The lowest BCUT2D eigenvalue weighted by molar-refractivity contribution is -0.120. The van der Waals surface area contributed by atoms with E-state index in [9.17, 15) is 4.79 Å². The van der Waals surface area contributed by atoms with E-state index in [0.717, 1.165) is 6.42 Å². The summed E-state index contributed by atoms with van der Waals surface area (Å²) in [5.41, 5.74) is 0. The van der Waals surface area contributed by atoms with Gasteiger partial charge in [0.15, 0.2) is 0 Å². The Morgan fingerprint density at radius 1 is 1.58 bits per heavy atom. The Kier molecular flexibility index (Phi) is 3.22. The van der Waals surface area contributed by atoms with Crippen molar-refractivity contribution in [3.8, 4) is 0 Å². The zero-order valence-electron chi connectivity index (χ0n) is 7.46. The van der Waals surface area contributed by atoms with E-state index in [0.29, 0.717) is 19.0 Å². The first-order valence-electron chi connectivity index (χ1n) is 4.23. The Bertz CT molecular complexity index is 201. The van der Waals surface area contributed by atoms with Gasteiger partial charge >= 0.3 is 0 Å².